The summed E-state index contributed by atoms with van der Waals surface area (Å²) in [5, 5.41) is 0. The Morgan fingerprint density at radius 1 is 1.86 bits per heavy atom. The summed E-state index contributed by atoms with van der Waals surface area (Å²) >= 11 is 0. The summed E-state index contributed by atoms with van der Waals surface area (Å²) in [7, 11) is 1.48. The van der Waals surface area contributed by atoms with Crippen molar-refractivity contribution in [2.24, 2.45) is 4.99 Å². The van der Waals surface area contributed by atoms with Gasteiger partial charge in [-0.15, -0.1) is 0 Å². The molecule has 0 aromatic heterocycles. The summed E-state index contributed by atoms with van der Waals surface area (Å²) in [6.45, 7) is 0.188. The van der Waals surface area contributed by atoms with E-state index in [-0.39, 0.29) is 6.54 Å². The number of nitrogens with zero attached hydrogens (tertiary/aromatic N) is 1. The minimum Gasteiger partial charge on any atom is -0.560 e. The molecule has 0 aromatic carbocycles. The highest BCUT2D eigenvalue weighted by molar-refractivity contribution is 6.02. The van der Waals surface area contributed by atoms with Gasteiger partial charge in [0.25, 0.3) is 0 Å². The fourth-order valence-electron chi connectivity index (χ4n) is 0.161. The molecule has 7 heavy (non-hydrogen) atoms. The van der Waals surface area contributed by atoms with Gasteiger partial charge in [0.15, 0.2) is 6.40 Å². The van der Waals surface area contributed by atoms with E-state index in [2.05, 4.69) is 9.65 Å². The second-order valence-electron chi connectivity index (χ2n) is 0.873. The summed E-state index contributed by atoms with van der Waals surface area (Å²) in [6.07, 6.45) is 1.93. The summed E-state index contributed by atoms with van der Waals surface area (Å²) in [6, 6.07) is 0. The first kappa shape index (κ1) is 6.20. The lowest BCUT2D eigenvalue weighted by Gasteiger charge is -1.80. The van der Waals surface area contributed by atoms with E-state index in [9.17, 15) is 4.79 Å². The van der Waals surface area contributed by atoms with E-state index in [4.69, 9.17) is 0 Å². The number of carbonyl (C=O) groups excluding carboxylic acids is 1. The molecule has 0 atom stereocenters. The van der Waals surface area contributed by atoms with E-state index < -0.39 is 0 Å². The van der Waals surface area contributed by atoms with Crippen molar-refractivity contribution in [1.82, 2.24) is 0 Å². The number of aldehydes is 1. The first-order chi connectivity index (χ1) is 3.41. The van der Waals surface area contributed by atoms with Crippen molar-refractivity contribution in [3.8, 4) is 0 Å². The van der Waals surface area contributed by atoms with E-state index in [1.54, 1.807) is 0 Å². The van der Waals surface area contributed by atoms with E-state index in [1.807, 2.05) is 0 Å². The summed E-state index contributed by atoms with van der Waals surface area (Å²) in [5.74, 6) is 0. The predicted molar refractivity (Wildman–Crippen MR) is 29.1 cm³/mol. The topological polar surface area (TPSA) is 38.7 Å². The van der Waals surface area contributed by atoms with E-state index in [0.29, 0.717) is 6.29 Å². The van der Waals surface area contributed by atoms with Crippen molar-refractivity contribution in [3.05, 3.63) is 0 Å². The maximum absolute atomic E-state index is 9.51. The molecule has 0 spiro atoms. The molecular formula is C3H6BNO2. The Hall–Kier alpha value is -0.795. The zero-order valence-corrected chi connectivity index (χ0v) is 4.13. The lowest BCUT2D eigenvalue weighted by molar-refractivity contribution is -0.106. The zero-order chi connectivity index (χ0) is 5.54. The van der Waals surface area contributed by atoms with Crippen molar-refractivity contribution >= 4 is 20.7 Å². The van der Waals surface area contributed by atoms with Crippen molar-refractivity contribution in [3.63, 3.8) is 0 Å². The van der Waals surface area contributed by atoms with E-state index >= 15 is 0 Å². The van der Waals surface area contributed by atoms with Crippen molar-refractivity contribution in [2.75, 3.05) is 6.54 Å². The number of hydrogen-bond acceptors (Lipinski definition) is 3. The van der Waals surface area contributed by atoms with Gasteiger partial charge >= 0.3 is 8.05 Å². The van der Waals surface area contributed by atoms with Gasteiger partial charge in [0, 0.05) is 0 Å². The van der Waals surface area contributed by atoms with Crippen molar-refractivity contribution in [1.29, 1.82) is 0 Å². The molecule has 0 aliphatic rings. The number of hydrogen-bond donors (Lipinski definition) is 0. The number of aliphatic imine (C=N–C) groups is 1. The molecule has 0 aliphatic carbocycles. The van der Waals surface area contributed by atoms with Gasteiger partial charge in [-0.2, -0.15) is 0 Å². The fraction of sp³-hybridized carbons (Fsp3) is 0.333. The zero-order valence-electron chi connectivity index (χ0n) is 4.13. The van der Waals surface area contributed by atoms with E-state index in [0.717, 1.165) is 0 Å². The Labute approximate surface area is 42.8 Å². The third-order valence-electron chi connectivity index (χ3n) is 0.360. The molecule has 0 aliphatic heterocycles. The van der Waals surface area contributed by atoms with Crippen LogP contribution in [0.4, 0.5) is 0 Å². The number of rotatable bonds is 3. The normalized spacial score (nSPS) is 9.14. The molecule has 0 saturated carbocycles. The lowest BCUT2D eigenvalue weighted by Crippen LogP contribution is -1.83. The second kappa shape index (κ2) is 5.20. The highest BCUT2D eigenvalue weighted by Gasteiger charge is 1.66. The molecule has 0 amide bonds. The van der Waals surface area contributed by atoms with Crippen molar-refractivity contribution in [2.45, 2.75) is 0 Å². The molecule has 0 radical (unpaired) electrons. The average molecular weight is 98.9 g/mol. The molecule has 0 aromatic rings. The summed E-state index contributed by atoms with van der Waals surface area (Å²) < 4.78 is 4.39. The molecule has 0 saturated heterocycles. The Kier molecular flexibility index (Phi) is 4.61. The predicted octanol–water partition coefficient (Wildman–Crippen LogP) is -1.22. The van der Waals surface area contributed by atoms with Crippen molar-refractivity contribution < 1.29 is 9.45 Å². The van der Waals surface area contributed by atoms with Gasteiger partial charge in [-0.05, 0) is 0 Å². The molecule has 4 heteroatoms. The fourth-order valence-corrected chi connectivity index (χ4v) is 0.161. The first-order valence-electron chi connectivity index (χ1n) is 1.86. The van der Waals surface area contributed by atoms with Crippen LogP contribution in [-0.2, 0) is 9.45 Å². The van der Waals surface area contributed by atoms with Crippen LogP contribution in [0.5, 0.6) is 0 Å². The van der Waals surface area contributed by atoms with Gasteiger partial charge in [0.1, 0.15) is 6.29 Å². The molecule has 0 N–H and O–H groups in total. The van der Waals surface area contributed by atoms with Gasteiger partial charge in [0.2, 0.25) is 0 Å². The quantitative estimate of drug-likeness (QED) is 0.192. The van der Waals surface area contributed by atoms with Gasteiger partial charge in [-0.25, -0.2) is 0 Å². The second-order valence-corrected chi connectivity index (χ2v) is 0.873. The van der Waals surface area contributed by atoms with Gasteiger partial charge in [-0.3, -0.25) is 4.99 Å². The molecule has 0 rings (SSSR count). The Morgan fingerprint density at radius 2 is 2.57 bits per heavy atom. The van der Waals surface area contributed by atoms with Crippen LogP contribution in [0.2, 0.25) is 0 Å². The van der Waals surface area contributed by atoms with Gasteiger partial charge in [-0.1, -0.05) is 0 Å². The van der Waals surface area contributed by atoms with Crippen LogP contribution in [0.3, 0.4) is 0 Å². The van der Waals surface area contributed by atoms with Crippen LogP contribution in [-0.4, -0.2) is 27.3 Å². The molecule has 3 nitrogen and oxygen atoms in total. The average Bonchev–Trinajstić information content (AvgIpc) is 1.69. The maximum Gasteiger partial charge on any atom is 0.323 e. The Bertz CT molecular complexity index is 73.3. The highest BCUT2D eigenvalue weighted by Crippen LogP contribution is 1.58. The number of carbonyl (C=O) groups is 1. The molecular weight excluding hydrogens is 92.8 g/mol. The summed E-state index contributed by atoms with van der Waals surface area (Å²) in [4.78, 5) is 13.0. The molecule has 0 unspecified atom stereocenters. The third kappa shape index (κ3) is 5.20. The smallest absolute Gasteiger partial charge is 0.323 e. The van der Waals surface area contributed by atoms with Gasteiger partial charge in [0.05, 0.1) is 6.54 Å². The first-order valence-corrected chi connectivity index (χ1v) is 1.86. The van der Waals surface area contributed by atoms with Crippen LogP contribution < -0.4 is 0 Å². The minimum atomic E-state index is 0.188. The van der Waals surface area contributed by atoms with Crippen LogP contribution in [0.15, 0.2) is 4.99 Å². The van der Waals surface area contributed by atoms with Crippen LogP contribution in [0.25, 0.3) is 0 Å². The minimum absolute atomic E-state index is 0.188. The van der Waals surface area contributed by atoms with E-state index in [1.165, 1.54) is 14.4 Å². The van der Waals surface area contributed by atoms with Crippen LogP contribution in [0.1, 0.15) is 0 Å². The molecule has 0 heterocycles. The molecule has 0 bridgehead atoms. The summed E-state index contributed by atoms with van der Waals surface area (Å²) in [5.41, 5.74) is 0. The van der Waals surface area contributed by atoms with Crippen LogP contribution in [0, 0.1) is 0 Å². The molecule has 38 valence electrons. The van der Waals surface area contributed by atoms with Gasteiger partial charge < -0.3 is 9.45 Å². The molecule has 0 fully saturated rings. The Morgan fingerprint density at radius 3 is 3.00 bits per heavy atom. The van der Waals surface area contributed by atoms with Crippen LogP contribution >= 0.6 is 0 Å². The largest absolute Gasteiger partial charge is 0.560 e. The highest BCUT2D eigenvalue weighted by atomic mass is 16.4. The standard InChI is InChI=1S/C3H6BNO2/c4-7-3-5-1-2-6/h2-3H,1,4H2. The third-order valence-corrected chi connectivity index (χ3v) is 0.360. The SMILES string of the molecule is BOC=NCC=O. The Balaban J connectivity index is 2.92. The monoisotopic (exact) mass is 99.0 g/mol. The lowest BCUT2D eigenvalue weighted by atomic mass is 10.6. The maximum atomic E-state index is 9.51.